The number of carbonyl (C=O) groups excluding carboxylic acids is 1. The van der Waals surface area contributed by atoms with Crippen molar-refractivity contribution in [2.45, 2.75) is 63.2 Å². The third kappa shape index (κ3) is 2.13. The van der Waals surface area contributed by atoms with Crippen LogP contribution in [0.4, 0.5) is 0 Å². The fourth-order valence-corrected chi connectivity index (χ4v) is 5.32. The predicted molar refractivity (Wildman–Crippen MR) is 76.6 cm³/mol. The second-order valence-corrected chi connectivity index (χ2v) is 8.50. The van der Waals surface area contributed by atoms with Crippen LogP contribution in [0.15, 0.2) is 0 Å². The largest absolute Gasteiger partial charge is 0.352 e. The van der Waals surface area contributed by atoms with Crippen LogP contribution >= 0.6 is 15.9 Å². The van der Waals surface area contributed by atoms with E-state index in [0.717, 1.165) is 17.8 Å². The van der Waals surface area contributed by atoms with E-state index >= 15 is 0 Å². The van der Waals surface area contributed by atoms with E-state index in [2.05, 4.69) is 28.2 Å². The average molecular weight is 314 g/mol. The minimum Gasteiger partial charge on any atom is -0.352 e. The molecular weight excluding hydrogens is 290 g/mol. The summed E-state index contributed by atoms with van der Waals surface area (Å²) < 4.78 is 0. The summed E-state index contributed by atoms with van der Waals surface area (Å²) in [7, 11) is 0. The standard InChI is InChI=1S/C15H24BrNO/c1-9(16)14(18)17-10(2)15-6-11-3-12(7-15)5-13(4-11)8-15/h9-13H,3-8H2,1-2H3,(H,17,18). The maximum atomic E-state index is 11.9. The van der Waals surface area contributed by atoms with Gasteiger partial charge in [-0.15, -0.1) is 0 Å². The van der Waals surface area contributed by atoms with E-state index in [1.807, 2.05) is 6.92 Å². The number of hydrogen-bond acceptors (Lipinski definition) is 1. The first kappa shape index (κ1) is 13.0. The van der Waals surface area contributed by atoms with Crippen molar-refractivity contribution in [2.24, 2.45) is 23.2 Å². The predicted octanol–water partition coefficient (Wildman–Crippen LogP) is 3.49. The summed E-state index contributed by atoms with van der Waals surface area (Å²) >= 11 is 3.37. The molecule has 0 aromatic rings. The number of hydrogen-bond donors (Lipinski definition) is 1. The van der Waals surface area contributed by atoms with Gasteiger partial charge in [-0.2, -0.15) is 0 Å². The van der Waals surface area contributed by atoms with Crippen molar-refractivity contribution in [3.8, 4) is 0 Å². The van der Waals surface area contributed by atoms with E-state index in [9.17, 15) is 4.79 Å². The van der Waals surface area contributed by atoms with Crippen molar-refractivity contribution in [2.75, 3.05) is 0 Å². The van der Waals surface area contributed by atoms with Gasteiger partial charge in [0.25, 0.3) is 0 Å². The SMILES string of the molecule is CC(Br)C(=O)NC(C)C12CC3CC(CC(C3)C1)C2. The second kappa shape index (κ2) is 4.50. The van der Waals surface area contributed by atoms with Gasteiger partial charge in [-0.3, -0.25) is 4.79 Å². The van der Waals surface area contributed by atoms with Gasteiger partial charge in [0, 0.05) is 6.04 Å². The van der Waals surface area contributed by atoms with Crippen molar-refractivity contribution < 1.29 is 4.79 Å². The second-order valence-electron chi connectivity index (χ2n) is 7.13. The summed E-state index contributed by atoms with van der Waals surface area (Å²) in [6.07, 6.45) is 8.48. The van der Waals surface area contributed by atoms with Crippen LogP contribution in [-0.4, -0.2) is 16.8 Å². The lowest BCUT2D eigenvalue weighted by molar-refractivity contribution is -0.125. The molecule has 4 saturated carbocycles. The number of nitrogens with one attached hydrogen (secondary N) is 1. The summed E-state index contributed by atoms with van der Waals surface area (Å²) in [5, 5.41) is 3.25. The third-order valence-corrected chi connectivity index (χ3v) is 6.14. The van der Waals surface area contributed by atoms with Gasteiger partial charge in [0.2, 0.25) is 5.91 Å². The lowest BCUT2D eigenvalue weighted by atomic mass is 9.48. The molecule has 4 aliphatic carbocycles. The van der Waals surface area contributed by atoms with E-state index in [1.165, 1.54) is 38.5 Å². The topological polar surface area (TPSA) is 29.1 Å². The maximum absolute atomic E-state index is 11.9. The molecule has 18 heavy (non-hydrogen) atoms. The molecule has 4 bridgehead atoms. The Morgan fingerprint density at radius 2 is 1.56 bits per heavy atom. The minimum atomic E-state index is -0.0751. The molecule has 0 aliphatic heterocycles. The first-order valence-electron chi connectivity index (χ1n) is 7.43. The Bertz CT molecular complexity index is 317. The molecule has 0 spiro atoms. The molecule has 0 radical (unpaired) electrons. The molecule has 2 unspecified atom stereocenters. The quantitative estimate of drug-likeness (QED) is 0.794. The van der Waals surface area contributed by atoms with E-state index in [4.69, 9.17) is 0 Å². The van der Waals surface area contributed by atoms with Crippen LogP contribution in [0, 0.1) is 23.2 Å². The molecule has 0 heterocycles. The van der Waals surface area contributed by atoms with Crippen molar-refractivity contribution in [3.63, 3.8) is 0 Å². The molecule has 4 rings (SSSR count). The summed E-state index contributed by atoms with van der Waals surface area (Å²) in [4.78, 5) is 11.8. The number of halogens is 1. The van der Waals surface area contributed by atoms with Gasteiger partial charge in [0.15, 0.2) is 0 Å². The van der Waals surface area contributed by atoms with Crippen LogP contribution in [-0.2, 0) is 4.79 Å². The fraction of sp³-hybridized carbons (Fsp3) is 0.933. The average Bonchev–Trinajstić information content (AvgIpc) is 2.26. The smallest absolute Gasteiger partial charge is 0.233 e. The van der Waals surface area contributed by atoms with Crippen LogP contribution < -0.4 is 5.32 Å². The highest BCUT2D eigenvalue weighted by Gasteiger charge is 2.53. The third-order valence-electron chi connectivity index (χ3n) is 5.72. The fourth-order valence-electron chi connectivity index (χ4n) is 5.19. The van der Waals surface area contributed by atoms with E-state index in [0.29, 0.717) is 11.5 Å². The Labute approximate surface area is 118 Å². The van der Waals surface area contributed by atoms with Crippen LogP contribution in [0.3, 0.4) is 0 Å². The molecule has 2 atom stereocenters. The van der Waals surface area contributed by atoms with Gasteiger partial charge in [-0.05, 0) is 75.5 Å². The van der Waals surface area contributed by atoms with Gasteiger partial charge >= 0.3 is 0 Å². The summed E-state index contributed by atoms with van der Waals surface area (Å²) in [5.74, 6) is 3.02. The minimum absolute atomic E-state index is 0.0751. The summed E-state index contributed by atoms with van der Waals surface area (Å²) in [5.41, 5.74) is 0.423. The maximum Gasteiger partial charge on any atom is 0.233 e. The molecule has 0 aromatic carbocycles. The lowest BCUT2D eigenvalue weighted by Crippen LogP contribution is -2.56. The Balaban J connectivity index is 1.73. The van der Waals surface area contributed by atoms with Crippen LogP contribution in [0.5, 0.6) is 0 Å². The lowest BCUT2D eigenvalue weighted by Gasteiger charge is -2.59. The zero-order valence-electron chi connectivity index (χ0n) is 11.4. The Morgan fingerprint density at radius 1 is 1.11 bits per heavy atom. The molecule has 4 aliphatic rings. The van der Waals surface area contributed by atoms with Crippen molar-refractivity contribution in [3.05, 3.63) is 0 Å². The van der Waals surface area contributed by atoms with E-state index in [-0.39, 0.29) is 10.7 Å². The van der Waals surface area contributed by atoms with Gasteiger partial charge in [-0.25, -0.2) is 0 Å². The number of amides is 1. The highest BCUT2D eigenvalue weighted by Crippen LogP contribution is 2.61. The zero-order valence-corrected chi connectivity index (χ0v) is 13.0. The molecule has 0 aromatic heterocycles. The highest BCUT2D eigenvalue weighted by molar-refractivity contribution is 9.10. The zero-order chi connectivity index (χ0) is 12.9. The van der Waals surface area contributed by atoms with E-state index < -0.39 is 0 Å². The van der Waals surface area contributed by atoms with Gasteiger partial charge in [-0.1, -0.05) is 15.9 Å². The Hall–Kier alpha value is -0.0500. The Kier molecular flexibility index (Phi) is 3.24. The van der Waals surface area contributed by atoms with E-state index in [1.54, 1.807) is 0 Å². The van der Waals surface area contributed by atoms with Crippen molar-refractivity contribution >= 4 is 21.8 Å². The molecule has 102 valence electrons. The monoisotopic (exact) mass is 313 g/mol. The molecule has 0 saturated heterocycles. The number of alkyl halides is 1. The van der Waals surface area contributed by atoms with Gasteiger partial charge in [0.05, 0.1) is 4.83 Å². The summed E-state index contributed by atoms with van der Waals surface area (Å²) in [6.45, 7) is 4.14. The van der Waals surface area contributed by atoms with Crippen molar-refractivity contribution in [1.82, 2.24) is 5.32 Å². The molecule has 2 nitrogen and oxygen atoms in total. The molecule has 1 amide bonds. The van der Waals surface area contributed by atoms with Crippen molar-refractivity contribution in [1.29, 1.82) is 0 Å². The normalized spacial score (nSPS) is 44.7. The number of rotatable bonds is 3. The van der Waals surface area contributed by atoms with Crippen LogP contribution in [0.25, 0.3) is 0 Å². The van der Waals surface area contributed by atoms with Gasteiger partial charge < -0.3 is 5.32 Å². The van der Waals surface area contributed by atoms with Crippen LogP contribution in [0.1, 0.15) is 52.4 Å². The molecule has 4 fully saturated rings. The molecular formula is C15H24BrNO. The summed E-state index contributed by atoms with van der Waals surface area (Å²) in [6, 6.07) is 0.346. The number of carbonyl (C=O) groups is 1. The molecule has 3 heteroatoms. The first-order valence-corrected chi connectivity index (χ1v) is 8.34. The first-order chi connectivity index (χ1) is 8.48. The molecule has 1 N–H and O–H groups in total. The van der Waals surface area contributed by atoms with Crippen LogP contribution in [0.2, 0.25) is 0 Å². The Morgan fingerprint density at radius 3 is 1.94 bits per heavy atom. The highest BCUT2D eigenvalue weighted by atomic mass is 79.9. The van der Waals surface area contributed by atoms with Gasteiger partial charge in [0.1, 0.15) is 0 Å².